The molecule has 3 nitrogen and oxygen atoms in total. The molecule has 0 fully saturated rings. The lowest BCUT2D eigenvalue weighted by Crippen LogP contribution is -1.96. The van der Waals surface area contributed by atoms with Crippen molar-refractivity contribution in [1.29, 1.82) is 0 Å². The van der Waals surface area contributed by atoms with Crippen molar-refractivity contribution in [3.05, 3.63) is 47.5 Å². The summed E-state index contributed by atoms with van der Waals surface area (Å²) in [6, 6.07) is 12.1. The topological polar surface area (TPSA) is 44.3 Å². The largest absolute Gasteiger partial charge is 0.506 e. The Kier molecular flexibility index (Phi) is 2.41. The van der Waals surface area contributed by atoms with E-state index in [1.165, 1.54) is 5.56 Å². The number of phenols is 1. The van der Waals surface area contributed by atoms with Crippen molar-refractivity contribution in [3.63, 3.8) is 0 Å². The summed E-state index contributed by atoms with van der Waals surface area (Å²) in [5.41, 5.74) is 4.49. The molecule has 1 aliphatic rings. The molecule has 0 unspecified atom stereocenters. The lowest BCUT2D eigenvalue weighted by atomic mass is 10.1. The standard InChI is InChI=1S/C16H14N2OS/c1-9-6-10-11-8-17-12-4-2-3-5-13(12)18-16(11)20-15(10)14(19)7-9/h2-7,17-19H,8H2,1H3. The molecule has 0 spiro atoms. The number of rotatable bonds is 0. The minimum Gasteiger partial charge on any atom is -0.506 e. The number of aryl methyl sites for hydroxylation is 1. The maximum atomic E-state index is 10.1. The summed E-state index contributed by atoms with van der Waals surface area (Å²) in [5, 5.41) is 19.3. The quantitative estimate of drug-likeness (QED) is 0.565. The van der Waals surface area contributed by atoms with Crippen LogP contribution in [-0.2, 0) is 6.54 Å². The van der Waals surface area contributed by atoms with Gasteiger partial charge in [-0.05, 0) is 36.8 Å². The molecule has 1 aromatic heterocycles. The first-order chi connectivity index (χ1) is 9.72. The number of para-hydroxylation sites is 2. The van der Waals surface area contributed by atoms with Gasteiger partial charge in [0.2, 0.25) is 0 Å². The third-order valence-corrected chi connectivity index (χ3v) is 4.83. The SMILES string of the molecule is Cc1cc(O)c2sc3c(c2c1)CNc1ccccc1N3. The molecule has 0 radical (unpaired) electrons. The highest BCUT2D eigenvalue weighted by atomic mass is 32.1. The highest BCUT2D eigenvalue weighted by Gasteiger charge is 2.19. The molecule has 4 heteroatoms. The minimum absolute atomic E-state index is 0.369. The molecule has 2 heterocycles. The van der Waals surface area contributed by atoms with Gasteiger partial charge in [0.15, 0.2) is 0 Å². The van der Waals surface area contributed by atoms with Crippen molar-refractivity contribution in [3.8, 4) is 5.75 Å². The highest BCUT2D eigenvalue weighted by Crippen LogP contribution is 2.44. The average molecular weight is 282 g/mol. The monoisotopic (exact) mass is 282 g/mol. The number of anilines is 3. The zero-order valence-electron chi connectivity index (χ0n) is 11.0. The van der Waals surface area contributed by atoms with Crippen LogP contribution in [0.3, 0.4) is 0 Å². The lowest BCUT2D eigenvalue weighted by molar-refractivity contribution is 0.482. The summed E-state index contributed by atoms with van der Waals surface area (Å²) in [6.45, 7) is 2.78. The number of hydrogen-bond donors (Lipinski definition) is 3. The van der Waals surface area contributed by atoms with E-state index in [0.29, 0.717) is 5.75 Å². The summed E-state index contributed by atoms with van der Waals surface area (Å²) in [6.07, 6.45) is 0. The Morgan fingerprint density at radius 3 is 2.80 bits per heavy atom. The van der Waals surface area contributed by atoms with Crippen molar-refractivity contribution < 1.29 is 5.11 Å². The van der Waals surface area contributed by atoms with Gasteiger partial charge in [0.1, 0.15) is 5.75 Å². The summed E-state index contributed by atoms with van der Waals surface area (Å²) < 4.78 is 0.953. The fourth-order valence-corrected chi connectivity index (χ4v) is 3.83. The number of fused-ring (bicyclic) bond motifs is 4. The van der Waals surface area contributed by atoms with Crippen molar-refractivity contribution in [1.82, 2.24) is 0 Å². The predicted molar refractivity (Wildman–Crippen MR) is 85.3 cm³/mol. The van der Waals surface area contributed by atoms with Gasteiger partial charge in [0.05, 0.1) is 21.1 Å². The Hall–Kier alpha value is -2.20. The van der Waals surface area contributed by atoms with Crippen LogP contribution in [0.5, 0.6) is 5.75 Å². The van der Waals surface area contributed by atoms with Crippen LogP contribution < -0.4 is 10.6 Å². The molecule has 1 aliphatic heterocycles. The van der Waals surface area contributed by atoms with Gasteiger partial charge in [-0.2, -0.15) is 0 Å². The first-order valence-electron chi connectivity index (χ1n) is 6.57. The first kappa shape index (κ1) is 11.6. The van der Waals surface area contributed by atoms with E-state index >= 15 is 0 Å². The third kappa shape index (κ3) is 1.65. The molecular weight excluding hydrogens is 268 g/mol. The molecule has 0 atom stereocenters. The van der Waals surface area contributed by atoms with Crippen LogP contribution in [-0.4, -0.2) is 5.11 Å². The van der Waals surface area contributed by atoms with Gasteiger partial charge in [0.25, 0.3) is 0 Å². The van der Waals surface area contributed by atoms with Crippen LogP contribution in [0.1, 0.15) is 11.1 Å². The Balaban J connectivity index is 1.95. The fourth-order valence-electron chi connectivity index (χ4n) is 2.70. The molecular formula is C16H14N2OS. The van der Waals surface area contributed by atoms with E-state index in [2.05, 4.69) is 28.8 Å². The van der Waals surface area contributed by atoms with Crippen molar-refractivity contribution in [2.24, 2.45) is 0 Å². The molecule has 2 aromatic carbocycles. The number of aromatic hydroxyl groups is 1. The lowest BCUT2D eigenvalue weighted by Gasteiger charge is -2.07. The number of phenolic OH excluding ortho intramolecular Hbond substituents is 1. The van der Waals surface area contributed by atoms with Gasteiger partial charge < -0.3 is 15.7 Å². The molecule has 100 valence electrons. The van der Waals surface area contributed by atoms with E-state index in [0.717, 1.165) is 38.6 Å². The predicted octanol–water partition coefficient (Wildman–Crippen LogP) is 4.58. The summed E-state index contributed by atoms with van der Waals surface area (Å²) >= 11 is 1.61. The van der Waals surface area contributed by atoms with Crippen LogP contribution in [0.4, 0.5) is 16.4 Å². The number of benzene rings is 2. The Bertz CT molecular complexity index is 823. The molecule has 4 rings (SSSR count). The van der Waals surface area contributed by atoms with Gasteiger partial charge >= 0.3 is 0 Å². The second-order valence-corrected chi connectivity index (χ2v) is 6.12. The third-order valence-electron chi connectivity index (χ3n) is 3.65. The second kappa shape index (κ2) is 4.15. The number of thiophene rings is 1. The Morgan fingerprint density at radius 1 is 1.15 bits per heavy atom. The Labute approximate surface area is 120 Å². The van der Waals surface area contributed by atoms with Crippen LogP contribution >= 0.6 is 11.3 Å². The van der Waals surface area contributed by atoms with Crippen LogP contribution in [0, 0.1) is 6.92 Å². The average Bonchev–Trinajstić information content (AvgIpc) is 2.66. The first-order valence-corrected chi connectivity index (χ1v) is 7.39. The molecule has 20 heavy (non-hydrogen) atoms. The molecule has 0 saturated carbocycles. The molecule has 0 amide bonds. The second-order valence-electron chi connectivity index (χ2n) is 5.09. The normalized spacial score (nSPS) is 13.1. The van der Waals surface area contributed by atoms with E-state index in [-0.39, 0.29) is 0 Å². The summed E-state index contributed by atoms with van der Waals surface area (Å²) in [5.74, 6) is 0.369. The molecule has 3 aromatic rings. The van der Waals surface area contributed by atoms with Crippen LogP contribution in [0.15, 0.2) is 36.4 Å². The van der Waals surface area contributed by atoms with E-state index in [1.54, 1.807) is 11.3 Å². The number of hydrogen-bond acceptors (Lipinski definition) is 4. The maximum Gasteiger partial charge on any atom is 0.133 e. The van der Waals surface area contributed by atoms with Gasteiger partial charge in [-0.1, -0.05) is 12.1 Å². The molecule has 0 saturated heterocycles. The van der Waals surface area contributed by atoms with Gasteiger partial charge in [-0.25, -0.2) is 0 Å². The molecule has 0 bridgehead atoms. The van der Waals surface area contributed by atoms with Crippen molar-refractivity contribution in [2.45, 2.75) is 13.5 Å². The maximum absolute atomic E-state index is 10.1. The zero-order chi connectivity index (χ0) is 13.7. The van der Waals surface area contributed by atoms with Crippen LogP contribution in [0.2, 0.25) is 0 Å². The highest BCUT2D eigenvalue weighted by molar-refractivity contribution is 7.23. The zero-order valence-corrected chi connectivity index (χ0v) is 11.8. The Morgan fingerprint density at radius 2 is 1.95 bits per heavy atom. The smallest absolute Gasteiger partial charge is 0.133 e. The van der Waals surface area contributed by atoms with Gasteiger partial charge in [-0.3, -0.25) is 0 Å². The van der Waals surface area contributed by atoms with E-state index in [1.807, 2.05) is 25.1 Å². The van der Waals surface area contributed by atoms with E-state index in [9.17, 15) is 5.11 Å². The van der Waals surface area contributed by atoms with Crippen LogP contribution in [0.25, 0.3) is 10.1 Å². The minimum atomic E-state index is 0.369. The van der Waals surface area contributed by atoms with Crippen molar-refractivity contribution in [2.75, 3.05) is 10.6 Å². The number of nitrogens with one attached hydrogen (secondary N) is 2. The van der Waals surface area contributed by atoms with Gasteiger partial charge in [-0.15, -0.1) is 11.3 Å². The molecule has 3 N–H and O–H groups in total. The van der Waals surface area contributed by atoms with E-state index in [4.69, 9.17) is 0 Å². The van der Waals surface area contributed by atoms with E-state index < -0.39 is 0 Å². The summed E-state index contributed by atoms with van der Waals surface area (Å²) in [7, 11) is 0. The summed E-state index contributed by atoms with van der Waals surface area (Å²) in [4.78, 5) is 0. The molecule has 0 aliphatic carbocycles. The van der Waals surface area contributed by atoms with Crippen molar-refractivity contribution >= 4 is 37.8 Å². The fraction of sp³-hybridized carbons (Fsp3) is 0.125. The van der Waals surface area contributed by atoms with Gasteiger partial charge in [0, 0.05) is 17.5 Å².